The lowest BCUT2D eigenvalue weighted by molar-refractivity contribution is -0.274. The van der Waals surface area contributed by atoms with Crippen molar-refractivity contribution in [1.29, 1.82) is 0 Å². The molecule has 0 saturated heterocycles. The normalized spacial score (nSPS) is 11.4. The van der Waals surface area contributed by atoms with Crippen LogP contribution in [-0.2, 0) is 0 Å². The minimum atomic E-state index is -4.79. The van der Waals surface area contributed by atoms with E-state index in [-0.39, 0.29) is 11.3 Å². The van der Waals surface area contributed by atoms with Crippen LogP contribution in [0.5, 0.6) is 5.75 Å². The van der Waals surface area contributed by atoms with Crippen molar-refractivity contribution in [3.05, 3.63) is 65.2 Å². The number of halogens is 3. The first kappa shape index (κ1) is 14.9. The molecule has 0 amide bonds. The van der Waals surface area contributed by atoms with Crippen LogP contribution in [0.2, 0.25) is 0 Å². The Balaban J connectivity index is 1.99. The van der Waals surface area contributed by atoms with E-state index in [1.807, 2.05) is 0 Å². The summed E-state index contributed by atoms with van der Waals surface area (Å²) in [5, 5.41) is 2.74. The standard InChI is InChI=1S/C15H10F3N3O2/c16-15(17,18)23-11-5-3-4-10(8-11)12-9-20-21(14(12)22)13-6-1-2-7-19-13/h1-9,20H. The Bertz CT molecular complexity index is 869. The van der Waals surface area contributed by atoms with Crippen LogP contribution in [0.25, 0.3) is 16.9 Å². The third-order valence-corrected chi connectivity index (χ3v) is 3.03. The average Bonchev–Trinajstić information content (AvgIpc) is 2.88. The Morgan fingerprint density at radius 1 is 1.13 bits per heavy atom. The molecule has 23 heavy (non-hydrogen) atoms. The van der Waals surface area contributed by atoms with E-state index in [0.717, 1.165) is 6.07 Å². The van der Waals surface area contributed by atoms with Crippen molar-refractivity contribution in [3.8, 4) is 22.7 Å². The van der Waals surface area contributed by atoms with Gasteiger partial charge in [-0.1, -0.05) is 18.2 Å². The van der Waals surface area contributed by atoms with Crippen LogP contribution in [0.4, 0.5) is 13.2 Å². The highest BCUT2D eigenvalue weighted by Gasteiger charge is 2.31. The van der Waals surface area contributed by atoms with E-state index in [4.69, 9.17) is 0 Å². The van der Waals surface area contributed by atoms with Crippen molar-refractivity contribution < 1.29 is 17.9 Å². The van der Waals surface area contributed by atoms with E-state index in [9.17, 15) is 18.0 Å². The third kappa shape index (κ3) is 3.25. The molecule has 0 aliphatic rings. The number of ether oxygens (including phenoxy) is 1. The molecule has 3 aromatic rings. The molecule has 5 nitrogen and oxygen atoms in total. The van der Waals surface area contributed by atoms with Gasteiger partial charge in [-0.2, -0.15) is 0 Å². The fourth-order valence-corrected chi connectivity index (χ4v) is 2.09. The number of nitrogens with one attached hydrogen (secondary N) is 1. The van der Waals surface area contributed by atoms with Gasteiger partial charge in [0, 0.05) is 12.4 Å². The Morgan fingerprint density at radius 2 is 1.96 bits per heavy atom. The summed E-state index contributed by atoms with van der Waals surface area (Å²) < 4.78 is 41.9. The smallest absolute Gasteiger partial charge is 0.406 e. The summed E-state index contributed by atoms with van der Waals surface area (Å²) in [7, 11) is 0. The zero-order valence-corrected chi connectivity index (χ0v) is 11.5. The number of alkyl halides is 3. The molecule has 0 fully saturated rings. The maximum absolute atomic E-state index is 12.4. The zero-order chi connectivity index (χ0) is 16.4. The number of hydrogen-bond acceptors (Lipinski definition) is 3. The zero-order valence-electron chi connectivity index (χ0n) is 11.5. The van der Waals surface area contributed by atoms with E-state index >= 15 is 0 Å². The van der Waals surface area contributed by atoms with Crippen molar-refractivity contribution >= 4 is 0 Å². The molecule has 0 bridgehead atoms. The lowest BCUT2D eigenvalue weighted by Gasteiger charge is -2.09. The lowest BCUT2D eigenvalue weighted by atomic mass is 10.1. The monoisotopic (exact) mass is 321 g/mol. The van der Waals surface area contributed by atoms with Crippen LogP contribution in [0.15, 0.2) is 59.7 Å². The number of rotatable bonds is 3. The number of hydrogen-bond donors (Lipinski definition) is 1. The second kappa shape index (κ2) is 5.64. The summed E-state index contributed by atoms with van der Waals surface area (Å²) in [5.74, 6) is -0.00793. The van der Waals surface area contributed by atoms with Crippen molar-refractivity contribution in [2.75, 3.05) is 0 Å². The van der Waals surface area contributed by atoms with Crippen LogP contribution >= 0.6 is 0 Å². The molecular formula is C15H10F3N3O2. The molecule has 0 spiro atoms. The van der Waals surface area contributed by atoms with E-state index < -0.39 is 11.9 Å². The van der Waals surface area contributed by atoms with Crippen LogP contribution in [0.3, 0.4) is 0 Å². The second-order valence-corrected chi connectivity index (χ2v) is 4.59. The van der Waals surface area contributed by atoms with Gasteiger partial charge in [-0.05, 0) is 29.8 Å². The maximum atomic E-state index is 12.4. The highest BCUT2D eigenvalue weighted by atomic mass is 19.4. The largest absolute Gasteiger partial charge is 0.573 e. The Hall–Kier alpha value is -3.03. The summed E-state index contributed by atoms with van der Waals surface area (Å²) in [5.41, 5.74) is 0.0961. The van der Waals surface area contributed by atoms with Gasteiger partial charge in [-0.15, -0.1) is 13.2 Å². The summed E-state index contributed by atoms with van der Waals surface area (Å²) in [4.78, 5) is 16.4. The molecule has 8 heteroatoms. The van der Waals surface area contributed by atoms with Gasteiger partial charge in [0.25, 0.3) is 5.56 Å². The average molecular weight is 321 g/mol. The van der Waals surface area contributed by atoms with E-state index in [2.05, 4.69) is 14.8 Å². The molecule has 2 aromatic heterocycles. The summed E-state index contributed by atoms with van der Waals surface area (Å²) in [6.45, 7) is 0. The van der Waals surface area contributed by atoms with E-state index in [1.54, 1.807) is 18.2 Å². The molecule has 0 atom stereocenters. The number of pyridine rings is 1. The van der Waals surface area contributed by atoms with Crippen molar-refractivity contribution in [2.24, 2.45) is 0 Å². The van der Waals surface area contributed by atoms with Gasteiger partial charge in [0.15, 0.2) is 5.82 Å². The predicted molar refractivity (Wildman–Crippen MR) is 76.3 cm³/mol. The maximum Gasteiger partial charge on any atom is 0.573 e. The highest BCUT2D eigenvalue weighted by molar-refractivity contribution is 5.63. The predicted octanol–water partition coefficient (Wildman–Crippen LogP) is 3.13. The Morgan fingerprint density at radius 3 is 2.65 bits per heavy atom. The van der Waals surface area contributed by atoms with E-state index in [0.29, 0.717) is 11.4 Å². The SMILES string of the molecule is O=c1c(-c2cccc(OC(F)(F)F)c2)c[nH]n1-c1ccccn1. The Kier molecular flexibility index (Phi) is 3.65. The van der Waals surface area contributed by atoms with Crippen molar-refractivity contribution in [3.63, 3.8) is 0 Å². The minimum absolute atomic E-state index is 0.211. The van der Waals surface area contributed by atoms with E-state index in [1.165, 1.54) is 35.3 Å². The lowest BCUT2D eigenvalue weighted by Crippen LogP contribution is -2.18. The van der Waals surface area contributed by atoms with Crippen molar-refractivity contribution in [1.82, 2.24) is 14.8 Å². The molecular weight excluding hydrogens is 311 g/mol. The molecule has 0 unspecified atom stereocenters. The number of nitrogens with zero attached hydrogens (tertiary/aromatic N) is 2. The molecule has 0 radical (unpaired) electrons. The quantitative estimate of drug-likeness (QED) is 0.806. The van der Waals surface area contributed by atoms with Gasteiger partial charge in [0.05, 0.1) is 5.56 Å². The minimum Gasteiger partial charge on any atom is -0.406 e. The third-order valence-electron chi connectivity index (χ3n) is 3.03. The van der Waals surface area contributed by atoms with Gasteiger partial charge >= 0.3 is 6.36 Å². The fourth-order valence-electron chi connectivity index (χ4n) is 2.09. The number of aromatic nitrogens is 3. The topological polar surface area (TPSA) is 59.9 Å². The number of H-pyrrole nitrogens is 1. The first-order valence-electron chi connectivity index (χ1n) is 6.52. The van der Waals surface area contributed by atoms with Crippen LogP contribution in [0, 0.1) is 0 Å². The molecule has 2 heterocycles. The van der Waals surface area contributed by atoms with Gasteiger partial charge in [-0.25, -0.2) is 9.67 Å². The molecule has 0 saturated carbocycles. The number of benzene rings is 1. The first-order valence-corrected chi connectivity index (χ1v) is 6.52. The molecule has 1 N–H and O–H groups in total. The summed E-state index contributed by atoms with van der Waals surface area (Å²) in [6, 6.07) is 10.3. The van der Waals surface area contributed by atoms with Gasteiger partial charge in [0.1, 0.15) is 5.75 Å². The van der Waals surface area contributed by atoms with Gasteiger partial charge < -0.3 is 4.74 Å². The van der Waals surface area contributed by atoms with Crippen LogP contribution in [-0.4, -0.2) is 21.1 Å². The molecule has 0 aliphatic heterocycles. The Labute approximate surface area is 128 Å². The fraction of sp³-hybridized carbons (Fsp3) is 0.0667. The molecule has 118 valence electrons. The van der Waals surface area contributed by atoms with Crippen molar-refractivity contribution in [2.45, 2.75) is 6.36 Å². The number of aromatic amines is 1. The molecule has 0 aliphatic carbocycles. The van der Waals surface area contributed by atoms with Gasteiger partial charge in [-0.3, -0.25) is 9.89 Å². The molecule has 1 aromatic carbocycles. The summed E-state index contributed by atoms with van der Waals surface area (Å²) in [6.07, 6.45) is -1.85. The van der Waals surface area contributed by atoms with Gasteiger partial charge in [0.2, 0.25) is 0 Å². The molecule has 3 rings (SSSR count). The first-order chi connectivity index (χ1) is 10.9. The summed E-state index contributed by atoms with van der Waals surface area (Å²) >= 11 is 0. The second-order valence-electron chi connectivity index (χ2n) is 4.59. The van der Waals surface area contributed by atoms with Crippen LogP contribution in [0.1, 0.15) is 0 Å². The highest BCUT2D eigenvalue weighted by Crippen LogP contribution is 2.26. The van der Waals surface area contributed by atoms with Crippen LogP contribution < -0.4 is 10.3 Å².